The number of nitrogens with one attached hydrogen (secondary N) is 1. The van der Waals surface area contributed by atoms with Crippen molar-refractivity contribution in [3.8, 4) is 0 Å². The molecule has 0 heterocycles. The third kappa shape index (κ3) is 8.74. The van der Waals surface area contributed by atoms with Gasteiger partial charge in [-0.1, -0.05) is 50.2 Å². The average molecular weight is 562 g/mol. The van der Waals surface area contributed by atoms with E-state index in [-0.39, 0.29) is 12.5 Å². The zero-order valence-corrected chi connectivity index (χ0v) is 23.4. The van der Waals surface area contributed by atoms with Crippen molar-refractivity contribution in [2.45, 2.75) is 70.8 Å². The van der Waals surface area contributed by atoms with Crippen LogP contribution in [0.25, 0.3) is 0 Å². The Morgan fingerprint density at radius 3 is 2.20 bits per heavy atom. The zero-order chi connectivity index (χ0) is 29.9. The van der Waals surface area contributed by atoms with Gasteiger partial charge in [0.15, 0.2) is 0 Å². The highest BCUT2D eigenvalue weighted by atomic mass is 19.4. The molecule has 2 aromatic rings. The molecule has 1 amide bonds. The number of carboxylic acids is 1. The Labute approximate surface area is 233 Å². The van der Waals surface area contributed by atoms with E-state index in [4.69, 9.17) is 10.1 Å². The molecule has 0 aromatic heterocycles. The Morgan fingerprint density at radius 2 is 1.80 bits per heavy atom. The third-order valence-electron chi connectivity index (χ3n) is 7.08. The number of alkyl halides is 3. The number of hydrogen-bond donors (Lipinski definition) is 2. The van der Waals surface area contributed by atoms with Gasteiger partial charge >= 0.3 is 12.1 Å². The SMILES string of the molecule is CCC(c1ccc(C=O)cc1)N(C=O)C1(/N=C(\C)c2ccc(C(F)(F)F)cc2)CCC(C)C1.CNCCC(=O)O. The summed E-state index contributed by atoms with van der Waals surface area (Å²) >= 11 is 0. The first kappa shape index (κ1) is 32.7. The average Bonchev–Trinajstić information content (AvgIpc) is 3.30. The molecule has 0 bridgehead atoms. The van der Waals surface area contributed by atoms with Gasteiger partial charge in [-0.25, -0.2) is 0 Å². The van der Waals surface area contributed by atoms with Crippen molar-refractivity contribution in [1.29, 1.82) is 0 Å². The third-order valence-corrected chi connectivity index (χ3v) is 7.08. The summed E-state index contributed by atoms with van der Waals surface area (Å²) in [5.41, 5.74) is 1.18. The predicted molar refractivity (Wildman–Crippen MR) is 148 cm³/mol. The van der Waals surface area contributed by atoms with Crippen LogP contribution in [0.2, 0.25) is 0 Å². The first-order valence-corrected chi connectivity index (χ1v) is 13.3. The molecule has 0 spiro atoms. The van der Waals surface area contributed by atoms with E-state index in [9.17, 15) is 27.6 Å². The van der Waals surface area contributed by atoms with Crippen molar-refractivity contribution in [1.82, 2.24) is 10.2 Å². The van der Waals surface area contributed by atoms with Gasteiger partial charge in [0, 0.05) is 17.8 Å². The summed E-state index contributed by atoms with van der Waals surface area (Å²) in [4.78, 5) is 40.0. The molecular formula is C30H38F3N3O4. The minimum atomic E-state index is -4.40. The molecule has 0 radical (unpaired) electrons. The van der Waals surface area contributed by atoms with Crippen LogP contribution in [0.1, 0.15) is 86.0 Å². The van der Waals surface area contributed by atoms with E-state index in [1.807, 2.05) is 19.1 Å². The first-order valence-electron chi connectivity index (χ1n) is 13.3. The van der Waals surface area contributed by atoms with Crippen molar-refractivity contribution >= 4 is 24.4 Å². The number of carboxylic acid groups (broad SMARTS) is 1. The molecular weight excluding hydrogens is 523 g/mol. The number of halogens is 3. The highest BCUT2D eigenvalue weighted by molar-refractivity contribution is 5.99. The molecule has 0 saturated heterocycles. The number of nitrogens with zero attached hydrogens (tertiary/aromatic N) is 2. The summed E-state index contributed by atoms with van der Waals surface area (Å²) in [6, 6.07) is 11.9. The summed E-state index contributed by atoms with van der Waals surface area (Å²) < 4.78 is 38.8. The second-order valence-corrected chi connectivity index (χ2v) is 10.1. The second kappa shape index (κ2) is 14.7. The van der Waals surface area contributed by atoms with Crippen LogP contribution in [0.5, 0.6) is 0 Å². The molecule has 0 aliphatic heterocycles. The second-order valence-electron chi connectivity index (χ2n) is 10.1. The van der Waals surface area contributed by atoms with Crippen LogP contribution in [-0.2, 0) is 15.8 Å². The van der Waals surface area contributed by atoms with Crippen LogP contribution in [0.15, 0.2) is 53.5 Å². The van der Waals surface area contributed by atoms with Crippen molar-refractivity contribution in [3.63, 3.8) is 0 Å². The predicted octanol–water partition coefficient (Wildman–Crippen LogP) is 6.13. The molecule has 7 nitrogen and oxygen atoms in total. The zero-order valence-electron chi connectivity index (χ0n) is 23.4. The maximum Gasteiger partial charge on any atom is 0.416 e. The van der Waals surface area contributed by atoms with E-state index >= 15 is 0 Å². The fourth-order valence-corrected chi connectivity index (χ4v) is 4.99. The molecule has 3 atom stereocenters. The molecule has 2 aromatic carbocycles. The van der Waals surface area contributed by atoms with Crippen LogP contribution in [-0.4, -0.2) is 53.6 Å². The van der Waals surface area contributed by atoms with Crippen molar-refractivity contribution < 1.29 is 32.7 Å². The lowest BCUT2D eigenvalue weighted by molar-refractivity contribution is -0.138. The Kier molecular flexibility index (Phi) is 12.0. The molecule has 1 saturated carbocycles. The lowest BCUT2D eigenvalue weighted by Gasteiger charge is -2.41. The maximum atomic E-state index is 12.9. The highest BCUT2D eigenvalue weighted by Gasteiger charge is 2.45. The van der Waals surface area contributed by atoms with Gasteiger partial charge in [-0.3, -0.25) is 19.4 Å². The molecule has 3 unspecified atom stereocenters. The van der Waals surface area contributed by atoms with E-state index < -0.39 is 23.4 Å². The van der Waals surface area contributed by atoms with Crippen LogP contribution in [0.4, 0.5) is 13.2 Å². The minimum absolute atomic E-state index is 0.205. The molecule has 2 N–H and O–H groups in total. The number of aldehydes is 1. The summed E-state index contributed by atoms with van der Waals surface area (Å²) in [6.07, 6.45) is 0.326. The minimum Gasteiger partial charge on any atom is -0.481 e. The summed E-state index contributed by atoms with van der Waals surface area (Å²) in [5.74, 6) is -0.402. The Morgan fingerprint density at radius 1 is 1.18 bits per heavy atom. The number of benzene rings is 2. The maximum absolute atomic E-state index is 12.9. The van der Waals surface area contributed by atoms with Gasteiger partial charge in [0.2, 0.25) is 6.41 Å². The number of carbonyl (C=O) groups is 3. The lowest BCUT2D eigenvalue weighted by atomic mass is 9.96. The molecule has 1 aliphatic rings. The van der Waals surface area contributed by atoms with E-state index in [1.54, 1.807) is 31.0 Å². The van der Waals surface area contributed by atoms with Crippen molar-refractivity contribution in [2.24, 2.45) is 10.9 Å². The number of hydrogen-bond acceptors (Lipinski definition) is 5. The van der Waals surface area contributed by atoms with Crippen LogP contribution < -0.4 is 5.32 Å². The Bertz CT molecular complexity index is 1150. The molecule has 1 fully saturated rings. The van der Waals surface area contributed by atoms with Crippen molar-refractivity contribution in [2.75, 3.05) is 13.6 Å². The standard InChI is InChI=1S/C26H29F3N2O2.C4H9NO2/c1-4-24(22-7-5-20(16-32)6-8-22)31(17-33)25(14-13-18(2)15-25)30-19(3)21-9-11-23(12-10-21)26(27,28)29;1-5-3-2-4(6)7/h5-12,16-18,24H,4,13-15H2,1-3H3;5H,2-3H2,1H3,(H,6,7)/b30-19+;. The summed E-state index contributed by atoms with van der Waals surface area (Å²) in [6.45, 7) is 6.44. The highest BCUT2D eigenvalue weighted by Crippen LogP contribution is 2.44. The number of carbonyl (C=O) groups excluding carboxylic acids is 2. The summed E-state index contributed by atoms with van der Waals surface area (Å²) in [7, 11) is 1.73. The first-order chi connectivity index (χ1) is 18.9. The van der Waals surface area contributed by atoms with Gasteiger partial charge in [0.05, 0.1) is 18.0 Å². The van der Waals surface area contributed by atoms with Gasteiger partial charge in [-0.05, 0) is 68.8 Å². The van der Waals surface area contributed by atoms with E-state index in [1.165, 1.54) is 12.1 Å². The lowest BCUT2D eigenvalue weighted by Crippen LogP contribution is -2.47. The smallest absolute Gasteiger partial charge is 0.416 e. The monoisotopic (exact) mass is 561 g/mol. The largest absolute Gasteiger partial charge is 0.481 e. The number of aliphatic carboxylic acids is 1. The molecule has 3 rings (SSSR count). The van der Waals surface area contributed by atoms with E-state index in [0.29, 0.717) is 48.6 Å². The fourth-order valence-electron chi connectivity index (χ4n) is 4.99. The number of rotatable bonds is 11. The van der Waals surface area contributed by atoms with E-state index in [2.05, 4.69) is 12.2 Å². The van der Waals surface area contributed by atoms with Gasteiger partial charge < -0.3 is 15.3 Å². The number of aliphatic imine (C=N–C) groups is 1. The number of amides is 1. The summed E-state index contributed by atoms with van der Waals surface area (Å²) in [5, 5.41) is 10.7. The molecule has 218 valence electrons. The van der Waals surface area contributed by atoms with Crippen LogP contribution in [0, 0.1) is 5.92 Å². The fraction of sp³-hybridized carbons (Fsp3) is 0.467. The molecule has 40 heavy (non-hydrogen) atoms. The quantitative estimate of drug-likeness (QED) is 0.254. The van der Waals surface area contributed by atoms with Gasteiger partial charge in [-0.2, -0.15) is 13.2 Å². The van der Waals surface area contributed by atoms with Gasteiger partial charge in [-0.15, -0.1) is 0 Å². The Hall–Kier alpha value is -3.53. The van der Waals surface area contributed by atoms with Crippen LogP contribution >= 0.6 is 0 Å². The molecule has 1 aliphatic carbocycles. The Balaban J connectivity index is 0.000000708. The van der Waals surface area contributed by atoms with Crippen LogP contribution in [0.3, 0.4) is 0 Å². The van der Waals surface area contributed by atoms with Gasteiger partial charge in [0.1, 0.15) is 11.9 Å². The van der Waals surface area contributed by atoms with Crippen molar-refractivity contribution in [3.05, 3.63) is 70.8 Å². The van der Waals surface area contributed by atoms with Gasteiger partial charge in [0.25, 0.3) is 0 Å². The normalized spacial score (nSPS) is 19.8. The topological polar surface area (TPSA) is 99.1 Å². The van der Waals surface area contributed by atoms with E-state index in [0.717, 1.165) is 36.8 Å². The molecule has 10 heteroatoms.